The van der Waals surface area contributed by atoms with E-state index < -0.39 is 0 Å². The zero-order valence-corrected chi connectivity index (χ0v) is 8.11. The first kappa shape index (κ1) is 8.74. The molecule has 0 bridgehead atoms. The first-order chi connectivity index (χ1) is 6.81. The lowest BCUT2D eigenvalue weighted by Gasteiger charge is -2.03. The molecule has 14 heavy (non-hydrogen) atoms. The highest BCUT2D eigenvalue weighted by molar-refractivity contribution is 5.52. The third kappa shape index (κ3) is 1.46. The Kier molecular flexibility index (Phi) is 2.18. The van der Waals surface area contributed by atoms with Crippen molar-refractivity contribution >= 4 is 5.82 Å². The van der Waals surface area contributed by atoms with Crippen LogP contribution in [0.1, 0.15) is 5.56 Å². The number of hydrogen-bond donors (Lipinski definition) is 1. The number of aryl methyl sites for hydroxylation is 1. The number of hydrogen-bond acceptors (Lipinski definition) is 4. The molecule has 72 valence electrons. The van der Waals surface area contributed by atoms with Crippen LogP contribution < -0.4 is 5.32 Å². The zero-order valence-electron chi connectivity index (χ0n) is 8.11. The SMILES string of the molecule is CNc1nc(-c2ccco2)ncc1C. The van der Waals surface area contributed by atoms with E-state index >= 15 is 0 Å². The Morgan fingerprint density at radius 1 is 1.43 bits per heavy atom. The van der Waals surface area contributed by atoms with Crippen molar-refractivity contribution in [3.8, 4) is 11.6 Å². The van der Waals surface area contributed by atoms with Gasteiger partial charge in [-0.05, 0) is 19.1 Å². The normalized spacial score (nSPS) is 10.1. The van der Waals surface area contributed by atoms with E-state index in [2.05, 4.69) is 15.3 Å². The Balaban J connectivity index is 2.46. The molecule has 0 spiro atoms. The molecule has 0 saturated heterocycles. The van der Waals surface area contributed by atoms with Gasteiger partial charge in [0.05, 0.1) is 6.26 Å². The largest absolute Gasteiger partial charge is 0.461 e. The summed E-state index contributed by atoms with van der Waals surface area (Å²) in [6, 6.07) is 3.65. The smallest absolute Gasteiger partial charge is 0.197 e. The summed E-state index contributed by atoms with van der Waals surface area (Å²) in [5.41, 5.74) is 1.02. The summed E-state index contributed by atoms with van der Waals surface area (Å²) in [6.45, 7) is 1.96. The summed E-state index contributed by atoms with van der Waals surface area (Å²) < 4.78 is 5.21. The molecule has 0 aromatic carbocycles. The number of anilines is 1. The van der Waals surface area contributed by atoms with Gasteiger partial charge in [-0.3, -0.25) is 0 Å². The van der Waals surface area contributed by atoms with Crippen molar-refractivity contribution < 1.29 is 4.42 Å². The summed E-state index contributed by atoms with van der Waals surface area (Å²) in [5.74, 6) is 2.11. The van der Waals surface area contributed by atoms with Crippen LogP contribution in [0.2, 0.25) is 0 Å². The van der Waals surface area contributed by atoms with Crippen LogP contribution >= 0.6 is 0 Å². The van der Waals surface area contributed by atoms with Crippen molar-refractivity contribution in [3.63, 3.8) is 0 Å². The summed E-state index contributed by atoms with van der Waals surface area (Å²) >= 11 is 0. The second-order valence-electron chi connectivity index (χ2n) is 2.95. The highest BCUT2D eigenvalue weighted by Gasteiger charge is 2.06. The highest BCUT2D eigenvalue weighted by atomic mass is 16.3. The van der Waals surface area contributed by atoms with Gasteiger partial charge in [-0.2, -0.15) is 0 Å². The molecule has 0 aliphatic rings. The van der Waals surface area contributed by atoms with Gasteiger partial charge < -0.3 is 9.73 Å². The molecule has 2 heterocycles. The van der Waals surface area contributed by atoms with Crippen LogP contribution in [-0.2, 0) is 0 Å². The van der Waals surface area contributed by atoms with E-state index in [-0.39, 0.29) is 0 Å². The molecule has 0 atom stereocenters. The van der Waals surface area contributed by atoms with Crippen molar-refractivity contribution in [3.05, 3.63) is 30.2 Å². The predicted octanol–water partition coefficient (Wildman–Crippen LogP) is 2.09. The lowest BCUT2D eigenvalue weighted by atomic mass is 10.3. The molecule has 2 aromatic rings. The molecule has 0 saturated carbocycles. The second-order valence-corrected chi connectivity index (χ2v) is 2.95. The van der Waals surface area contributed by atoms with E-state index in [0.717, 1.165) is 11.4 Å². The van der Waals surface area contributed by atoms with Gasteiger partial charge in [0, 0.05) is 18.8 Å². The van der Waals surface area contributed by atoms with Gasteiger partial charge in [0.2, 0.25) is 0 Å². The van der Waals surface area contributed by atoms with Crippen LogP contribution in [0.5, 0.6) is 0 Å². The minimum absolute atomic E-state index is 0.602. The first-order valence-electron chi connectivity index (χ1n) is 4.36. The fourth-order valence-electron chi connectivity index (χ4n) is 1.22. The molecule has 0 fully saturated rings. The molecule has 0 amide bonds. The molecule has 0 unspecified atom stereocenters. The van der Waals surface area contributed by atoms with Gasteiger partial charge >= 0.3 is 0 Å². The van der Waals surface area contributed by atoms with E-state index in [1.807, 2.05) is 26.1 Å². The average Bonchev–Trinajstić information content (AvgIpc) is 2.71. The monoisotopic (exact) mass is 189 g/mol. The molecule has 0 aliphatic heterocycles. The summed E-state index contributed by atoms with van der Waals surface area (Å²) in [5, 5.41) is 3.00. The molecule has 2 aromatic heterocycles. The fraction of sp³-hybridized carbons (Fsp3) is 0.200. The first-order valence-corrected chi connectivity index (χ1v) is 4.36. The van der Waals surface area contributed by atoms with E-state index in [4.69, 9.17) is 4.42 Å². The predicted molar refractivity (Wildman–Crippen MR) is 54.0 cm³/mol. The van der Waals surface area contributed by atoms with Gasteiger partial charge in [-0.15, -0.1) is 0 Å². The third-order valence-electron chi connectivity index (χ3n) is 1.95. The van der Waals surface area contributed by atoms with E-state index in [0.29, 0.717) is 11.6 Å². The number of rotatable bonds is 2. The maximum atomic E-state index is 5.21. The zero-order chi connectivity index (χ0) is 9.97. The molecule has 2 rings (SSSR count). The van der Waals surface area contributed by atoms with E-state index in [1.54, 1.807) is 12.5 Å². The lowest BCUT2D eigenvalue weighted by Crippen LogP contribution is -1.98. The Hall–Kier alpha value is -1.84. The lowest BCUT2D eigenvalue weighted by molar-refractivity contribution is 0.577. The third-order valence-corrected chi connectivity index (χ3v) is 1.95. The standard InChI is InChI=1S/C10H11N3O/c1-7-6-12-10(13-9(7)11-2)8-4-3-5-14-8/h3-6H,1-2H3,(H,11,12,13). The van der Waals surface area contributed by atoms with Gasteiger partial charge in [0.1, 0.15) is 5.82 Å². The van der Waals surface area contributed by atoms with E-state index in [9.17, 15) is 0 Å². The van der Waals surface area contributed by atoms with Gasteiger partial charge in [0.15, 0.2) is 11.6 Å². The number of aromatic nitrogens is 2. The minimum Gasteiger partial charge on any atom is -0.461 e. The molecular formula is C10H11N3O. The van der Waals surface area contributed by atoms with Gasteiger partial charge in [-0.25, -0.2) is 9.97 Å². The maximum Gasteiger partial charge on any atom is 0.197 e. The van der Waals surface area contributed by atoms with Crippen LogP contribution in [0.25, 0.3) is 11.6 Å². The number of nitrogens with one attached hydrogen (secondary N) is 1. The number of furan rings is 1. The molecule has 4 nitrogen and oxygen atoms in total. The fourth-order valence-corrected chi connectivity index (χ4v) is 1.22. The van der Waals surface area contributed by atoms with Crippen LogP contribution in [-0.4, -0.2) is 17.0 Å². The number of nitrogens with zero attached hydrogens (tertiary/aromatic N) is 2. The second kappa shape index (κ2) is 3.49. The molecule has 0 radical (unpaired) electrons. The summed E-state index contributed by atoms with van der Waals surface area (Å²) in [4.78, 5) is 8.50. The van der Waals surface area contributed by atoms with Crippen LogP contribution in [0.3, 0.4) is 0 Å². The average molecular weight is 189 g/mol. The van der Waals surface area contributed by atoms with Crippen molar-refractivity contribution in [2.24, 2.45) is 0 Å². The topological polar surface area (TPSA) is 51.0 Å². The van der Waals surface area contributed by atoms with Crippen LogP contribution in [0.15, 0.2) is 29.0 Å². The van der Waals surface area contributed by atoms with Crippen molar-refractivity contribution in [1.82, 2.24) is 9.97 Å². The molecular weight excluding hydrogens is 178 g/mol. The van der Waals surface area contributed by atoms with E-state index in [1.165, 1.54) is 0 Å². The summed E-state index contributed by atoms with van der Waals surface area (Å²) in [7, 11) is 1.83. The van der Waals surface area contributed by atoms with Gasteiger partial charge in [0.25, 0.3) is 0 Å². The highest BCUT2D eigenvalue weighted by Crippen LogP contribution is 2.18. The molecule has 1 N–H and O–H groups in total. The van der Waals surface area contributed by atoms with Crippen LogP contribution in [0, 0.1) is 6.92 Å². The molecule has 0 aliphatic carbocycles. The summed E-state index contributed by atoms with van der Waals surface area (Å²) in [6.07, 6.45) is 3.38. The van der Waals surface area contributed by atoms with Crippen molar-refractivity contribution in [2.45, 2.75) is 6.92 Å². The van der Waals surface area contributed by atoms with Crippen molar-refractivity contribution in [2.75, 3.05) is 12.4 Å². The molecule has 4 heteroatoms. The Labute approximate surface area is 82.0 Å². The van der Waals surface area contributed by atoms with Crippen LogP contribution in [0.4, 0.5) is 5.82 Å². The van der Waals surface area contributed by atoms with Crippen molar-refractivity contribution in [1.29, 1.82) is 0 Å². The Morgan fingerprint density at radius 2 is 2.29 bits per heavy atom. The quantitative estimate of drug-likeness (QED) is 0.785. The Morgan fingerprint density at radius 3 is 2.93 bits per heavy atom. The Bertz CT molecular complexity index is 423. The van der Waals surface area contributed by atoms with Gasteiger partial charge in [-0.1, -0.05) is 0 Å². The minimum atomic E-state index is 0.602. The maximum absolute atomic E-state index is 5.21.